The Balaban J connectivity index is 1.67. The lowest BCUT2D eigenvalue weighted by Crippen LogP contribution is -2.16. The highest BCUT2D eigenvalue weighted by Gasteiger charge is 2.20. The maximum absolute atomic E-state index is 12.8. The molecule has 0 radical (unpaired) electrons. The molecule has 0 atom stereocenters. The number of hydrogen-bond donors (Lipinski definition) is 2. The van der Waals surface area contributed by atoms with Crippen molar-refractivity contribution < 1.29 is 17.9 Å². The van der Waals surface area contributed by atoms with Crippen LogP contribution in [0.1, 0.15) is 21.5 Å². The van der Waals surface area contributed by atoms with Gasteiger partial charge in [0.05, 0.1) is 17.6 Å². The molecule has 28 heavy (non-hydrogen) atoms. The molecule has 3 aromatic rings. The monoisotopic (exact) mass is 394 g/mol. The van der Waals surface area contributed by atoms with Crippen LogP contribution in [0.5, 0.6) is 5.75 Å². The van der Waals surface area contributed by atoms with Gasteiger partial charge in [-0.3, -0.25) is 4.79 Å². The molecule has 0 aliphatic heterocycles. The summed E-state index contributed by atoms with van der Waals surface area (Å²) in [6.07, 6.45) is 0.865. The number of benzene rings is 3. The summed E-state index contributed by atoms with van der Waals surface area (Å²) in [5.74, 6) is -0.218. The number of amides is 1. The van der Waals surface area contributed by atoms with Gasteiger partial charge >= 0.3 is 0 Å². The van der Waals surface area contributed by atoms with Gasteiger partial charge in [-0.25, -0.2) is 13.6 Å². The van der Waals surface area contributed by atoms with Gasteiger partial charge < -0.3 is 10.1 Å². The second-order valence-corrected chi connectivity index (χ2v) is 8.13. The number of ether oxygens (including phenoxy) is 1. The van der Waals surface area contributed by atoms with Gasteiger partial charge in [-0.2, -0.15) is 0 Å². The van der Waals surface area contributed by atoms with Crippen LogP contribution < -0.4 is 15.2 Å². The number of fused-ring (bicyclic) bond motifs is 3. The van der Waals surface area contributed by atoms with Crippen molar-refractivity contribution in [1.82, 2.24) is 0 Å². The molecular weight excluding hydrogens is 376 g/mol. The number of hydrogen-bond acceptors (Lipinski definition) is 4. The van der Waals surface area contributed by atoms with Crippen LogP contribution in [0.15, 0.2) is 65.6 Å². The third-order valence-electron chi connectivity index (χ3n) is 4.80. The van der Waals surface area contributed by atoms with Gasteiger partial charge in [-0.05, 0) is 59.0 Å². The molecule has 3 N–H and O–H groups in total. The van der Waals surface area contributed by atoms with Crippen LogP contribution in [0.25, 0.3) is 11.1 Å². The standard InChI is InChI=1S/C21H18N2O4S/c1-27-20-9-8-16(28(22,25)26)12-19(20)21(24)23-15-7-6-14-10-13-4-2-3-5-17(13)18(14)11-15/h2-9,11-12H,10H2,1H3,(H,23,24)(H2,22,25,26). The van der Waals surface area contributed by atoms with Crippen molar-refractivity contribution in [1.29, 1.82) is 0 Å². The quantitative estimate of drug-likeness (QED) is 0.555. The molecule has 0 fully saturated rings. The van der Waals surface area contributed by atoms with E-state index in [1.165, 1.54) is 36.4 Å². The summed E-state index contributed by atoms with van der Waals surface area (Å²) in [5.41, 5.74) is 5.40. The van der Waals surface area contributed by atoms with E-state index in [1.54, 1.807) is 0 Å². The number of anilines is 1. The molecule has 7 heteroatoms. The Morgan fingerprint density at radius 2 is 1.75 bits per heavy atom. The Hall–Kier alpha value is -3.16. The highest BCUT2D eigenvalue weighted by Crippen LogP contribution is 2.38. The van der Waals surface area contributed by atoms with E-state index in [0.29, 0.717) is 5.69 Å². The molecule has 0 saturated heterocycles. The lowest BCUT2D eigenvalue weighted by molar-refractivity contribution is 0.102. The van der Waals surface area contributed by atoms with Crippen molar-refractivity contribution in [3.63, 3.8) is 0 Å². The minimum atomic E-state index is -3.93. The predicted octanol–water partition coefficient (Wildman–Crippen LogP) is 3.17. The molecule has 0 unspecified atom stereocenters. The summed E-state index contributed by atoms with van der Waals surface area (Å²) in [7, 11) is -2.52. The van der Waals surface area contributed by atoms with Crippen molar-refractivity contribution >= 4 is 21.6 Å². The number of carbonyl (C=O) groups excluding carboxylic acids is 1. The van der Waals surface area contributed by atoms with E-state index in [9.17, 15) is 13.2 Å². The predicted molar refractivity (Wildman–Crippen MR) is 107 cm³/mol. The van der Waals surface area contributed by atoms with E-state index < -0.39 is 15.9 Å². The fourth-order valence-electron chi connectivity index (χ4n) is 3.44. The Morgan fingerprint density at radius 1 is 1.00 bits per heavy atom. The molecule has 0 aromatic heterocycles. The van der Waals surface area contributed by atoms with Crippen LogP contribution in [0.3, 0.4) is 0 Å². The number of primary sulfonamides is 1. The summed E-state index contributed by atoms with van der Waals surface area (Å²) < 4.78 is 28.4. The largest absolute Gasteiger partial charge is 0.496 e. The first-order valence-corrected chi connectivity index (χ1v) is 10.1. The number of rotatable bonds is 4. The number of nitrogens with two attached hydrogens (primary N) is 1. The van der Waals surface area contributed by atoms with Crippen molar-refractivity contribution in [2.45, 2.75) is 11.3 Å². The van der Waals surface area contributed by atoms with Gasteiger partial charge in [0, 0.05) is 5.69 Å². The summed E-state index contributed by atoms with van der Waals surface area (Å²) in [5, 5.41) is 7.99. The van der Waals surface area contributed by atoms with Crippen LogP contribution in [-0.2, 0) is 16.4 Å². The first kappa shape index (κ1) is 18.2. The molecule has 0 bridgehead atoms. The molecule has 3 aromatic carbocycles. The number of methoxy groups -OCH3 is 1. The molecule has 4 rings (SSSR count). The molecule has 0 spiro atoms. The minimum Gasteiger partial charge on any atom is -0.496 e. The van der Waals surface area contributed by atoms with E-state index in [2.05, 4.69) is 17.4 Å². The first-order chi connectivity index (χ1) is 13.4. The van der Waals surface area contributed by atoms with Crippen LogP contribution in [0.4, 0.5) is 5.69 Å². The fourth-order valence-corrected chi connectivity index (χ4v) is 3.98. The van der Waals surface area contributed by atoms with Crippen molar-refractivity contribution in [3.8, 4) is 16.9 Å². The number of carbonyl (C=O) groups is 1. The van der Waals surface area contributed by atoms with Crippen molar-refractivity contribution in [2.75, 3.05) is 12.4 Å². The van der Waals surface area contributed by atoms with Crippen molar-refractivity contribution in [2.24, 2.45) is 5.14 Å². The van der Waals surface area contributed by atoms with E-state index >= 15 is 0 Å². The molecule has 1 aliphatic carbocycles. The average Bonchev–Trinajstić information content (AvgIpc) is 3.04. The first-order valence-electron chi connectivity index (χ1n) is 8.60. The van der Waals surface area contributed by atoms with Gasteiger partial charge in [-0.1, -0.05) is 30.3 Å². The second-order valence-electron chi connectivity index (χ2n) is 6.57. The molecular formula is C21H18N2O4S. The average molecular weight is 394 g/mol. The number of sulfonamides is 1. The van der Waals surface area contributed by atoms with Crippen LogP contribution in [-0.4, -0.2) is 21.4 Å². The zero-order chi connectivity index (χ0) is 19.9. The Bertz CT molecular complexity index is 1200. The molecule has 0 heterocycles. The number of nitrogens with one attached hydrogen (secondary N) is 1. The molecule has 1 aliphatic rings. The molecule has 6 nitrogen and oxygen atoms in total. The van der Waals surface area contributed by atoms with Crippen LogP contribution >= 0.6 is 0 Å². The summed E-state index contributed by atoms with van der Waals surface area (Å²) in [4.78, 5) is 12.6. The smallest absolute Gasteiger partial charge is 0.259 e. The van der Waals surface area contributed by atoms with Gasteiger partial charge in [0.25, 0.3) is 5.91 Å². The normalized spacial score (nSPS) is 12.2. The Morgan fingerprint density at radius 3 is 2.50 bits per heavy atom. The van der Waals surface area contributed by atoms with Crippen LogP contribution in [0, 0.1) is 0 Å². The maximum atomic E-state index is 12.8. The fraction of sp³-hybridized carbons (Fsp3) is 0.0952. The van der Waals surface area contributed by atoms with Crippen LogP contribution in [0.2, 0.25) is 0 Å². The third kappa shape index (κ3) is 3.26. The van der Waals surface area contributed by atoms with E-state index in [1.807, 2.05) is 30.3 Å². The van der Waals surface area contributed by atoms with Crippen molar-refractivity contribution in [3.05, 3.63) is 77.4 Å². The Kier molecular flexibility index (Phi) is 4.41. The van der Waals surface area contributed by atoms with E-state index in [4.69, 9.17) is 9.88 Å². The van der Waals surface area contributed by atoms with Gasteiger partial charge in [0.2, 0.25) is 10.0 Å². The lowest BCUT2D eigenvalue weighted by atomic mass is 10.1. The SMILES string of the molecule is COc1ccc(S(N)(=O)=O)cc1C(=O)Nc1ccc2c(c1)-c1ccccc1C2. The highest BCUT2D eigenvalue weighted by atomic mass is 32.2. The molecule has 142 valence electrons. The zero-order valence-electron chi connectivity index (χ0n) is 15.1. The second kappa shape index (κ2) is 6.78. The van der Waals surface area contributed by atoms with Gasteiger partial charge in [0.1, 0.15) is 5.75 Å². The summed E-state index contributed by atoms with van der Waals surface area (Å²) >= 11 is 0. The maximum Gasteiger partial charge on any atom is 0.259 e. The Labute approximate surface area is 163 Å². The van der Waals surface area contributed by atoms with E-state index in [-0.39, 0.29) is 16.2 Å². The third-order valence-corrected chi connectivity index (χ3v) is 5.71. The highest BCUT2D eigenvalue weighted by molar-refractivity contribution is 7.89. The van der Waals surface area contributed by atoms with E-state index in [0.717, 1.165) is 17.5 Å². The molecule has 0 saturated carbocycles. The van der Waals surface area contributed by atoms with Gasteiger partial charge in [-0.15, -0.1) is 0 Å². The van der Waals surface area contributed by atoms with Gasteiger partial charge in [0.15, 0.2) is 0 Å². The lowest BCUT2D eigenvalue weighted by Gasteiger charge is -2.12. The topological polar surface area (TPSA) is 98.5 Å². The minimum absolute atomic E-state index is 0.0925. The zero-order valence-corrected chi connectivity index (χ0v) is 15.9. The summed E-state index contributed by atoms with van der Waals surface area (Å²) in [6.45, 7) is 0. The molecule has 1 amide bonds. The summed E-state index contributed by atoms with van der Waals surface area (Å²) in [6, 6.07) is 17.8.